The molecule has 2 saturated heterocycles. The van der Waals surface area contributed by atoms with Crippen LogP contribution < -0.4 is 0 Å². The third-order valence-electron chi connectivity index (χ3n) is 3.29. The van der Waals surface area contributed by atoms with Gasteiger partial charge < -0.3 is 14.7 Å². The Morgan fingerprint density at radius 3 is 3.00 bits per heavy atom. The first-order valence-corrected chi connectivity index (χ1v) is 6.32. The third-order valence-corrected chi connectivity index (χ3v) is 3.95. The van der Waals surface area contributed by atoms with Gasteiger partial charge in [0.1, 0.15) is 5.72 Å². The topological polar surface area (TPSA) is 49.8 Å². The molecule has 1 unspecified atom stereocenters. The second-order valence-electron chi connectivity index (χ2n) is 4.61. The molecule has 2 aliphatic rings. The zero-order valence-electron chi connectivity index (χ0n) is 8.94. The van der Waals surface area contributed by atoms with Gasteiger partial charge in [0.2, 0.25) is 5.91 Å². The van der Waals surface area contributed by atoms with Crippen molar-refractivity contribution in [2.45, 2.75) is 38.1 Å². The van der Waals surface area contributed by atoms with Crippen LogP contribution in [0.1, 0.15) is 20.3 Å². The molecule has 3 atom stereocenters. The summed E-state index contributed by atoms with van der Waals surface area (Å²) < 4.78 is 5.54. The van der Waals surface area contributed by atoms with Gasteiger partial charge in [0.05, 0.1) is 24.7 Å². The van der Waals surface area contributed by atoms with Crippen molar-refractivity contribution in [1.29, 1.82) is 0 Å². The molecule has 2 aliphatic heterocycles. The molecule has 0 spiro atoms. The van der Waals surface area contributed by atoms with Gasteiger partial charge in [-0.2, -0.15) is 0 Å². The van der Waals surface area contributed by atoms with E-state index in [1.54, 1.807) is 4.90 Å². The maximum Gasteiger partial charge on any atom is 0.232 e. The van der Waals surface area contributed by atoms with Gasteiger partial charge in [-0.05, 0) is 20.3 Å². The number of β-lactam (4-membered cyclic amide) rings is 1. The van der Waals surface area contributed by atoms with Gasteiger partial charge in [-0.25, -0.2) is 0 Å². The number of hydrogen-bond acceptors (Lipinski definition) is 3. The minimum Gasteiger partial charge on any atom is -0.391 e. The number of nitrogens with zero attached hydrogens (tertiary/aromatic N) is 1. The van der Waals surface area contributed by atoms with Crippen LogP contribution in [0.25, 0.3) is 0 Å². The Bertz CT molecular complexity index is 282. The number of aliphatic hydroxyl groups excluding tert-OH is 1. The summed E-state index contributed by atoms with van der Waals surface area (Å²) in [6, 6.07) is 0.147. The van der Waals surface area contributed by atoms with E-state index >= 15 is 0 Å². The number of rotatable bonds is 2. The third kappa shape index (κ3) is 1.61. The van der Waals surface area contributed by atoms with Crippen LogP contribution in [-0.2, 0) is 9.53 Å². The van der Waals surface area contributed by atoms with Crippen molar-refractivity contribution < 1.29 is 14.6 Å². The number of alkyl halides is 1. The van der Waals surface area contributed by atoms with Crippen LogP contribution >= 0.6 is 15.9 Å². The molecule has 0 aliphatic carbocycles. The molecule has 0 saturated carbocycles. The Labute approximate surface area is 97.7 Å². The van der Waals surface area contributed by atoms with Gasteiger partial charge in [0, 0.05) is 5.33 Å². The molecule has 0 aromatic carbocycles. The van der Waals surface area contributed by atoms with E-state index in [-0.39, 0.29) is 17.9 Å². The van der Waals surface area contributed by atoms with Crippen molar-refractivity contribution in [2.24, 2.45) is 5.92 Å². The van der Waals surface area contributed by atoms with E-state index in [9.17, 15) is 9.90 Å². The predicted molar refractivity (Wildman–Crippen MR) is 58.6 cm³/mol. The van der Waals surface area contributed by atoms with Crippen molar-refractivity contribution in [3.05, 3.63) is 0 Å². The number of hydrogen-bond donors (Lipinski definition) is 1. The average molecular weight is 278 g/mol. The van der Waals surface area contributed by atoms with Crippen molar-refractivity contribution in [1.82, 2.24) is 4.90 Å². The van der Waals surface area contributed by atoms with E-state index < -0.39 is 11.8 Å². The van der Waals surface area contributed by atoms with E-state index in [1.807, 2.05) is 13.8 Å². The molecular weight excluding hydrogens is 262 g/mol. The van der Waals surface area contributed by atoms with Gasteiger partial charge in [-0.15, -0.1) is 0 Å². The summed E-state index contributed by atoms with van der Waals surface area (Å²) in [6.07, 6.45) is 0.247. The normalized spacial score (nSPS) is 35.7. The Hall–Kier alpha value is -0.130. The van der Waals surface area contributed by atoms with Crippen LogP contribution in [0.15, 0.2) is 0 Å². The van der Waals surface area contributed by atoms with Crippen molar-refractivity contribution in [3.8, 4) is 0 Å². The standard InChI is InChI=1S/C10H16BrNO3/c1-10(2)12-6(3-4-15-10)8(9(12)14)7(13)5-11/h6-8,13H,3-5H2,1-2H3/t6-,7?,8-/m1/s1. The summed E-state index contributed by atoms with van der Waals surface area (Å²) in [5.41, 5.74) is -0.511. The van der Waals surface area contributed by atoms with Crippen molar-refractivity contribution >= 4 is 21.8 Å². The summed E-state index contributed by atoms with van der Waals surface area (Å²) in [4.78, 5) is 13.6. The molecule has 2 fully saturated rings. The fourth-order valence-electron chi connectivity index (χ4n) is 2.56. The van der Waals surface area contributed by atoms with Crippen LogP contribution in [-0.4, -0.2) is 45.7 Å². The number of fused-ring (bicyclic) bond motifs is 1. The Morgan fingerprint density at radius 2 is 2.40 bits per heavy atom. The number of ether oxygens (including phenoxy) is 1. The van der Waals surface area contributed by atoms with Crippen LogP contribution in [0.3, 0.4) is 0 Å². The van der Waals surface area contributed by atoms with E-state index in [0.29, 0.717) is 11.9 Å². The Balaban J connectivity index is 2.14. The van der Waals surface area contributed by atoms with E-state index in [2.05, 4.69) is 15.9 Å². The molecule has 0 aromatic rings. The maximum atomic E-state index is 11.9. The first-order chi connectivity index (χ1) is 6.99. The van der Waals surface area contributed by atoms with E-state index in [0.717, 1.165) is 6.42 Å². The summed E-state index contributed by atoms with van der Waals surface area (Å²) in [7, 11) is 0. The second kappa shape index (κ2) is 3.71. The highest BCUT2D eigenvalue weighted by Crippen LogP contribution is 2.41. The molecule has 0 radical (unpaired) electrons. The minimum atomic E-state index is -0.576. The zero-order valence-corrected chi connectivity index (χ0v) is 10.5. The lowest BCUT2D eigenvalue weighted by molar-refractivity contribution is -0.240. The molecule has 1 amide bonds. The van der Waals surface area contributed by atoms with Crippen molar-refractivity contribution in [2.75, 3.05) is 11.9 Å². The van der Waals surface area contributed by atoms with Crippen LogP contribution in [0, 0.1) is 5.92 Å². The van der Waals surface area contributed by atoms with E-state index in [4.69, 9.17) is 4.74 Å². The lowest BCUT2D eigenvalue weighted by Gasteiger charge is -2.58. The molecule has 1 N–H and O–H groups in total. The largest absolute Gasteiger partial charge is 0.391 e. The molecule has 15 heavy (non-hydrogen) atoms. The molecule has 0 bridgehead atoms. The maximum absolute atomic E-state index is 11.9. The van der Waals surface area contributed by atoms with E-state index in [1.165, 1.54) is 0 Å². The molecule has 86 valence electrons. The lowest BCUT2D eigenvalue weighted by atomic mass is 9.79. The van der Waals surface area contributed by atoms with Gasteiger partial charge in [-0.1, -0.05) is 15.9 Å². The Kier molecular flexibility index (Phi) is 2.81. The monoisotopic (exact) mass is 277 g/mol. The zero-order chi connectivity index (χ0) is 11.2. The van der Waals surface area contributed by atoms with Crippen LogP contribution in [0.2, 0.25) is 0 Å². The quantitative estimate of drug-likeness (QED) is 0.598. The van der Waals surface area contributed by atoms with Gasteiger partial charge >= 0.3 is 0 Å². The van der Waals surface area contributed by atoms with Crippen LogP contribution in [0.5, 0.6) is 0 Å². The molecule has 4 nitrogen and oxygen atoms in total. The fraction of sp³-hybridized carbons (Fsp3) is 0.900. The molecular formula is C10H16BrNO3. The SMILES string of the molecule is CC1(C)OCC[C@@H]2[C@H](C(O)CBr)C(=O)N21. The second-order valence-corrected chi connectivity index (χ2v) is 5.25. The highest BCUT2D eigenvalue weighted by atomic mass is 79.9. The smallest absolute Gasteiger partial charge is 0.232 e. The first-order valence-electron chi connectivity index (χ1n) is 5.20. The minimum absolute atomic E-state index is 0.0108. The number of carbonyl (C=O) groups is 1. The molecule has 0 aromatic heterocycles. The molecule has 2 rings (SSSR count). The highest BCUT2D eigenvalue weighted by molar-refractivity contribution is 9.09. The van der Waals surface area contributed by atoms with Crippen molar-refractivity contribution in [3.63, 3.8) is 0 Å². The molecule has 5 heteroatoms. The number of aliphatic hydroxyl groups is 1. The van der Waals surface area contributed by atoms with Gasteiger partial charge in [0.15, 0.2) is 0 Å². The summed E-state index contributed by atoms with van der Waals surface area (Å²) >= 11 is 3.21. The first kappa shape index (κ1) is 11.4. The summed E-state index contributed by atoms with van der Waals surface area (Å²) in [6.45, 7) is 4.45. The average Bonchev–Trinajstić information content (AvgIpc) is 2.15. The van der Waals surface area contributed by atoms with Crippen LogP contribution in [0.4, 0.5) is 0 Å². The van der Waals surface area contributed by atoms with Gasteiger partial charge in [-0.3, -0.25) is 4.79 Å². The summed E-state index contributed by atoms with van der Waals surface area (Å²) in [5, 5.41) is 10.2. The lowest BCUT2D eigenvalue weighted by Crippen LogP contribution is -2.73. The Morgan fingerprint density at radius 1 is 1.73 bits per heavy atom. The number of halogens is 1. The van der Waals surface area contributed by atoms with Gasteiger partial charge in [0.25, 0.3) is 0 Å². The number of carbonyl (C=O) groups excluding carboxylic acids is 1. The molecule has 2 heterocycles. The highest BCUT2D eigenvalue weighted by Gasteiger charge is 2.57. The number of amides is 1. The summed E-state index contributed by atoms with van der Waals surface area (Å²) in [5.74, 6) is -0.232. The fourth-order valence-corrected chi connectivity index (χ4v) is 2.96. The predicted octanol–water partition coefficient (Wildman–Crippen LogP) is 0.726.